The molecule has 2 rings (SSSR count). The number of likely N-dealkylation sites (N-methyl/N-ethyl adjacent to an activating group) is 1. The van der Waals surface area contributed by atoms with Crippen molar-refractivity contribution in [2.75, 3.05) is 20.3 Å². The molecule has 1 saturated carbocycles. The summed E-state index contributed by atoms with van der Waals surface area (Å²) in [5.41, 5.74) is -0.323. The van der Waals surface area contributed by atoms with Crippen molar-refractivity contribution < 1.29 is 24.0 Å². The summed E-state index contributed by atoms with van der Waals surface area (Å²) in [4.78, 5) is 36.7. The van der Waals surface area contributed by atoms with Crippen molar-refractivity contribution in [3.05, 3.63) is 33.9 Å². The molecule has 1 amide bonds. The molecular weight excluding hydrogens is 340 g/mol. The number of nitrogens with zero attached hydrogens (tertiary/aromatic N) is 2. The second-order valence-electron chi connectivity index (χ2n) is 6.19. The molecule has 1 aliphatic rings. The smallest absolute Gasteiger partial charge is 0.338 e. The van der Waals surface area contributed by atoms with Gasteiger partial charge in [0.25, 0.3) is 5.91 Å². The molecule has 26 heavy (non-hydrogen) atoms. The van der Waals surface area contributed by atoms with Gasteiger partial charge in [0.2, 0.25) is 0 Å². The molecule has 0 bridgehead atoms. The molecule has 0 unspecified atom stereocenters. The molecule has 0 N–H and O–H groups in total. The molecule has 8 nitrogen and oxygen atoms in total. The Labute approximate surface area is 152 Å². The number of ether oxygens (including phenoxy) is 2. The fourth-order valence-corrected chi connectivity index (χ4v) is 3.28. The first-order valence-electron chi connectivity index (χ1n) is 8.77. The highest BCUT2D eigenvalue weighted by molar-refractivity contribution is 5.92. The average molecular weight is 364 g/mol. The van der Waals surface area contributed by atoms with E-state index in [-0.39, 0.29) is 35.6 Å². The molecule has 0 atom stereocenters. The van der Waals surface area contributed by atoms with E-state index in [2.05, 4.69) is 0 Å². The minimum absolute atomic E-state index is 0.00557. The van der Waals surface area contributed by atoms with Gasteiger partial charge in [0, 0.05) is 18.7 Å². The van der Waals surface area contributed by atoms with E-state index in [4.69, 9.17) is 9.47 Å². The predicted molar refractivity (Wildman–Crippen MR) is 94.2 cm³/mol. The molecule has 0 aromatic heterocycles. The minimum atomic E-state index is -0.774. The fraction of sp³-hybridized carbons (Fsp3) is 0.556. The van der Waals surface area contributed by atoms with Gasteiger partial charge in [0.15, 0.2) is 12.4 Å². The van der Waals surface area contributed by atoms with Crippen molar-refractivity contribution in [2.45, 2.75) is 45.1 Å². The second kappa shape index (κ2) is 9.17. The SMILES string of the molecule is CCN(C(=O)COC(=O)c1ccc(OC)c([N+](=O)[O-])c1)C1CCCCC1. The number of rotatable bonds is 7. The van der Waals surface area contributed by atoms with Crippen LogP contribution in [0.4, 0.5) is 5.69 Å². The second-order valence-corrected chi connectivity index (χ2v) is 6.19. The van der Waals surface area contributed by atoms with Gasteiger partial charge in [-0.3, -0.25) is 14.9 Å². The standard InChI is InChI=1S/C18H24N2O6/c1-3-19(14-7-5-4-6-8-14)17(21)12-26-18(22)13-9-10-16(25-2)15(11-13)20(23)24/h9-11,14H,3-8,12H2,1-2H3. The Hall–Kier alpha value is -2.64. The number of methoxy groups -OCH3 is 1. The highest BCUT2D eigenvalue weighted by Crippen LogP contribution is 2.28. The van der Waals surface area contributed by atoms with Crippen LogP contribution in [-0.2, 0) is 9.53 Å². The van der Waals surface area contributed by atoms with Crippen molar-refractivity contribution in [2.24, 2.45) is 0 Å². The molecular formula is C18H24N2O6. The van der Waals surface area contributed by atoms with E-state index in [0.717, 1.165) is 31.7 Å². The number of nitro groups is 1. The van der Waals surface area contributed by atoms with Crippen LogP contribution < -0.4 is 4.74 Å². The molecule has 0 saturated heterocycles. The maximum absolute atomic E-state index is 12.4. The molecule has 8 heteroatoms. The van der Waals surface area contributed by atoms with E-state index in [1.165, 1.54) is 25.7 Å². The van der Waals surface area contributed by atoms with E-state index in [9.17, 15) is 19.7 Å². The van der Waals surface area contributed by atoms with Crippen LogP contribution in [0.25, 0.3) is 0 Å². The van der Waals surface area contributed by atoms with Crippen LogP contribution in [0.2, 0.25) is 0 Å². The lowest BCUT2D eigenvalue weighted by molar-refractivity contribution is -0.385. The van der Waals surface area contributed by atoms with Crippen LogP contribution in [0.15, 0.2) is 18.2 Å². The van der Waals surface area contributed by atoms with Crippen LogP contribution in [0.1, 0.15) is 49.4 Å². The zero-order valence-electron chi connectivity index (χ0n) is 15.1. The summed E-state index contributed by atoms with van der Waals surface area (Å²) < 4.78 is 9.98. The Balaban J connectivity index is 1.99. The quantitative estimate of drug-likeness (QED) is 0.419. The van der Waals surface area contributed by atoms with Crippen LogP contribution in [0, 0.1) is 10.1 Å². The fourth-order valence-electron chi connectivity index (χ4n) is 3.28. The molecule has 142 valence electrons. The number of hydrogen-bond acceptors (Lipinski definition) is 6. The number of benzene rings is 1. The molecule has 0 aliphatic heterocycles. The van der Waals surface area contributed by atoms with Crippen LogP contribution in [0.3, 0.4) is 0 Å². The topological polar surface area (TPSA) is 99.0 Å². The van der Waals surface area contributed by atoms with E-state index in [0.29, 0.717) is 6.54 Å². The third-order valence-corrected chi connectivity index (χ3v) is 4.61. The van der Waals surface area contributed by atoms with Gasteiger partial charge in [-0.2, -0.15) is 0 Å². The van der Waals surface area contributed by atoms with Crippen LogP contribution in [0.5, 0.6) is 5.75 Å². The average Bonchev–Trinajstić information content (AvgIpc) is 2.66. The monoisotopic (exact) mass is 364 g/mol. The number of nitro benzene ring substituents is 1. The Kier molecular flexibility index (Phi) is 6.94. The maximum Gasteiger partial charge on any atom is 0.338 e. The Bertz CT molecular complexity index is 670. The van der Waals surface area contributed by atoms with Gasteiger partial charge in [-0.25, -0.2) is 4.79 Å². The third-order valence-electron chi connectivity index (χ3n) is 4.61. The first-order valence-corrected chi connectivity index (χ1v) is 8.77. The van der Waals surface area contributed by atoms with Gasteiger partial charge < -0.3 is 14.4 Å². The van der Waals surface area contributed by atoms with Crippen molar-refractivity contribution in [1.82, 2.24) is 4.90 Å². The zero-order chi connectivity index (χ0) is 19.1. The highest BCUT2D eigenvalue weighted by atomic mass is 16.6. The Morgan fingerprint density at radius 3 is 2.54 bits per heavy atom. The van der Waals surface area contributed by atoms with Crippen molar-refractivity contribution in [3.63, 3.8) is 0 Å². The first-order chi connectivity index (χ1) is 12.5. The summed E-state index contributed by atoms with van der Waals surface area (Å²) in [6, 6.07) is 3.99. The van der Waals surface area contributed by atoms with Gasteiger partial charge in [-0.1, -0.05) is 19.3 Å². The molecule has 0 spiro atoms. The van der Waals surface area contributed by atoms with Gasteiger partial charge in [-0.15, -0.1) is 0 Å². The Morgan fingerprint density at radius 2 is 1.96 bits per heavy atom. The van der Waals surface area contributed by atoms with Crippen molar-refractivity contribution >= 4 is 17.6 Å². The summed E-state index contributed by atoms with van der Waals surface area (Å²) >= 11 is 0. The lowest BCUT2D eigenvalue weighted by Gasteiger charge is -2.33. The largest absolute Gasteiger partial charge is 0.490 e. The highest BCUT2D eigenvalue weighted by Gasteiger charge is 2.25. The lowest BCUT2D eigenvalue weighted by Crippen LogP contribution is -2.43. The first kappa shape index (κ1) is 19.7. The van der Waals surface area contributed by atoms with Crippen LogP contribution in [-0.4, -0.2) is 48.0 Å². The van der Waals surface area contributed by atoms with Gasteiger partial charge >= 0.3 is 11.7 Å². The lowest BCUT2D eigenvalue weighted by atomic mass is 9.94. The summed E-state index contributed by atoms with van der Waals surface area (Å²) in [7, 11) is 1.31. The van der Waals surface area contributed by atoms with Crippen molar-refractivity contribution in [3.8, 4) is 5.75 Å². The number of carbonyl (C=O) groups is 2. The maximum atomic E-state index is 12.4. The van der Waals surface area contributed by atoms with Crippen LogP contribution >= 0.6 is 0 Å². The third kappa shape index (κ3) is 4.71. The van der Waals surface area contributed by atoms with E-state index in [1.54, 1.807) is 4.90 Å². The summed E-state index contributed by atoms with van der Waals surface area (Å²) in [6.07, 6.45) is 5.33. The predicted octanol–water partition coefficient (Wildman–Crippen LogP) is 2.94. The molecule has 1 aromatic carbocycles. The van der Waals surface area contributed by atoms with E-state index >= 15 is 0 Å². The van der Waals surface area contributed by atoms with Gasteiger partial charge in [0.1, 0.15) is 0 Å². The molecule has 0 heterocycles. The molecule has 1 aliphatic carbocycles. The normalized spacial score (nSPS) is 14.5. The Morgan fingerprint density at radius 1 is 1.27 bits per heavy atom. The number of carbonyl (C=O) groups excluding carboxylic acids is 2. The summed E-state index contributed by atoms with van der Waals surface area (Å²) in [5.74, 6) is -0.961. The van der Waals surface area contributed by atoms with Gasteiger partial charge in [-0.05, 0) is 31.9 Å². The summed E-state index contributed by atoms with van der Waals surface area (Å²) in [5, 5.41) is 11.0. The minimum Gasteiger partial charge on any atom is -0.490 e. The van der Waals surface area contributed by atoms with E-state index < -0.39 is 10.9 Å². The molecule has 1 fully saturated rings. The summed E-state index contributed by atoms with van der Waals surface area (Å²) in [6.45, 7) is 2.10. The number of amides is 1. The molecule has 1 aromatic rings. The van der Waals surface area contributed by atoms with E-state index in [1.807, 2.05) is 6.92 Å². The molecule has 0 radical (unpaired) electrons. The zero-order valence-corrected chi connectivity index (χ0v) is 15.1. The van der Waals surface area contributed by atoms with Crippen molar-refractivity contribution in [1.29, 1.82) is 0 Å². The number of esters is 1. The van der Waals surface area contributed by atoms with Gasteiger partial charge in [0.05, 0.1) is 17.6 Å². The number of hydrogen-bond donors (Lipinski definition) is 0.